The Labute approximate surface area is 165 Å². The van der Waals surface area contributed by atoms with E-state index in [-0.39, 0.29) is 5.91 Å². The number of carbonyl (C=O) groups is 2. The third-order valence-electron chi connectivity index (χ3n) is 4.69. The van der Waals surface area contributed by atoms with Gasteiger partial charge in [0.2, 0.25) is 0 Å². The molecule has 0 unspecified atom stereocenters. The van der Waals surface area contributed by atoms with Crippen LogP contribution in [0.5, 0.6) is 11.5 Å². The van der Waals surface area contributed by atoms with Crippen LogP contribution in [0, 0.1) is 0 Å². The molecule has 1 aliphatic heterocycles. The third kappa shape index (κ3) is 4.82. The van der Waals surface area contributed by atoms with E-state index in [0.717, 1.165) is 31.5 Å². The summed E-state index contributed by atoms with van der Waals surface area (Å²) in [7, 11) is 1.51. The van der Waals surface area contributed by atoms with E-state index in [1.54, 1.807) is 30.0 Å². The Kier molecular flexibility index (Phi) is 6.53. The van der Waals surface area contributed by atoms with Gasteiger partial charge in [-0.25, -0.2) is 4.79 Å². The first kappa shape index (κ1) is 19.7. The van der Waals surface area contributed by atoms with Gasteiger partial charge >= 0.3 is 5.97 Å². The fraction of sp³-hybridized carbons (Fsp3) is 0.364. The molecular weight excluding hydrogens is 358 g/mol. The Morgan fingerprint density at radius 3 is 2.43 bits per heavy atom. The molecule has 6 nitrogen and oxygen atoms in total. The Bertz CT molecular complexity index is 815. The van der Waals surface area contributed by atoms with Crippen LogP contribution in [0.15, 0.2) is 48.5 Å². The van der Waals surface area contributed by atoms with Crippen LogP contribution in [-0.4, -0.2) is 43.1 Å². The van der Waals surface area contributed by atoms with Crippen molar-refractivity contribution in [2.45, 2.75) is 32.5 Å². The molecule has 0 bridgehead atoms. The number of ether oxygens (including phenoxy) is 3. The lowest BCUT2D eigenvalue weighted by Crippen LogP contribution is -2.38. The number of nitrogens with zero attached hydrogens (tertiary/aromatic N) is 1. The second-order valence-corrected chi connectivity index (χ2v) is 6.72. The number of hydrogen-bond acceptors (Lipinski definition) is 5. The van der Waals surface area contributed by atoms with Gasteiger partial charge in [-0.05, 0) is 43.5 Å². The fourth-order valence-corrected chi connectivity index (χ4v) is 3.12. The molecule has 0 spiro atoms. The van der Waals surface area contributed by atoms with E-state index >= 15 is 0 Å². The zero-order chi connectivity index (χ0) is 19.9. The lowest BCUT2D eigenvalue weighted by atomic mass is 10.2. The van der Waals surface area contributed by atoms with Crippen molar-refractivity contribution >= 4 is 11.9 Å². The highest BCUT2D eigenvalue weighted by Crippen LogP contribution is 2.29. The normalized spacial score (nSPS) is 14.4. The minimum Gasteiger partial charge on any atom is -0.493 e. The predicted octanol–water partition coefficient (Wildman–Crippen LogP) is 3.44. The van der Waals surface area contributed by atoms with Crippen molar-refractivity contribution in [3.63, 3.8) is 0 Å². The monoisotopic (exact) mass is 383 g/mol. The smallest absolute Gasteiger partial charge is 0.339 e. The van der Waals surface area contributed by atoms with Crippen LogP contribution in [0.3, 0.4) is 0 Å². The van der Waals surface area contributed by atoms with E-state index in [9.17, 15) is 9.59 Å². The van der Waals surface area contributed by atoms with Crippen molar-refractivity contribution in [1.82, 2.24) is 4.90 Å². The van der Waals surface area contributed by atoms with Crippen molar-refractivity contribution in [2.75, 3.05) is 20.2 Å². The molecule has 1 heterocycles. The summed E-state index contributed by atoms with van der Waals surface area (Å²) >= 11 is 0. The number of amides is 1. The maximum atomic E-state index is 12.4. The molecule has 148 valence electrons. The van der Waals surface area contributed by atoms with Crippen molar-refractivity contribution < 1.29 is 23.8 Å². The average Bonchev–Trinajstić information content (AvgIpc) is 3.27. The van der Waals surface area contributed by atoms with Gasteiger partial charge in [0.25, 0.3) is 5.91 Å². The molecule has 3 rings (SSSR count). The Morgan fingerprint density at radius 1 is 1.04 bits per heavy atom. The van der Waals surface area contributed by atoms with Crippen molar-refractivity contribution in [2.24, 2.45) is 0 Å². The molecule has 0 aromatic heterocycles. The number of likely N-dealkylation sites (tertiary alicyclic amines) is 1. The maximum Gasteiger partial charge on any atom is 0.339 e. The Hall–Kier alpha value is -3.02. The Morgan fingerprint density at radius 2 is 1.75 bits per heavy atom. The number of benzene rings is 2. The van der Waals surface area contributed by atoms with Gasteiger partial charge in [-0.2, -0.15) is 0 Å². The van der Waals surface area contributed by atoms with Crippen LogP contribution in [0.4, 0.5) is 0 Å². The number of rotatable bonds is 7. The average molecular weight is 383 g/mol. The summed E-state index contributed by atoms with van der Waals surface area (Å²) in [5.41, 5.74) is 1.34. The van der Waals surface area contributed by atoms with Crippen LogP contribution < -0.4 is 9.47 Å². The minimum atomic E-state index is -0.814. The van der Waals surface area contributed by atoms with Crippen molar-refractivity contribution in [3.05, 3.63) is 59.7 Å². The topological polar surface area (TPSA) is 65.1 Å². The molecule has 6 heteroatoms. The zero-order valence-corrected chi connectivity index (χ0v) is 16.2. The van der Waals surface area contributed by atoms with Gasteiger partial charge in [0.15, 0.2) is 17.6 Å². The standard InChI is InChI=1S/C22H25NO5/c1-16(21(24)23-12-6-7-13-23)28-22(25)18-10-11-19(20(14-18)26-2)27-15-17-8-4-3-5-9-17/h3-5,8-11,14,16H,6-7,12-13,15H2,1-2H3/t16-/m0/s1. The summed E-state index contributed by atoms with van der Waals surface area (Å²) in [4.78, 5) is 26.5. The van der Waals surface area contributed by atoms with Gasteiger partial charge in [-0.3, -0.25) is 4.79 Å². The molecule has 0 aliphatic carbocycles. The summed E-state index contributed by atoms with van der Waals surface area (Å²) < 4.78 is 16.5. The van der Waals surface area contributed by atoms with E-state index in [2.05, 4.69) is 0 Å². The van der Waals surface area contributed by atoms with Crippen LogP contribution in [0.2, 0.25) is 0 Å². The minimum absolute atomic E-state index is 0.152. The van der Waals surface area contributed by atoms with Gasteiger partial charge < -0.3 is 19.1 Å². The van der Waals surface area contributed by atoms with Crippen LogP contribution in [0.25, 0.3) is 0 Å². The van der Waals surface area contributed by atoms with Gasteiger partial charge in [0.05, 0.1) is 12.7 Å². The highest BCUT2D eigenvalue weighted by Gasteiger charge is 2.26. The molecule has 2 aromatic rings. The number of carbonyl (C=O) groups excluding carboxylic acids is 2. The molecular formula is C22H25NO5. The first-order chi connectivity index (χ1) is 13.6. The largest absolute Gasteiger partial charge is 0.493 e. The van der Waals surface area contributed by atoms with Crippen LogP contribution in [-0.2, 0) is 16.1 Å². The second-order valence-electron chi connectivity index (χ2n) is 6.72. The molecule has 2 aromatic carbocycles. The predicted molar refractivity (Wildman–Crippen MR) is 104 cm³/mol. The maximum absolute atomic E-state index is 12.4. The summed E-state index contributed by atoms with van der Waals surface area (Å²) in [6.07, 6.45) is 1.17. The molecule has 1 amide bonds. The molecule has 0 radical (unpaired) electrons. The summed E-state index contributed by atoms with van der Waals surface area (Å²) in [5.74, 6) is 0.251. The van der Waals surface area contributed by atoms with Gasteiger partial charge in [0, 0.05) is 13.1 Å². The zero-order valence-electron chi connectivity index (χ0n) is 16.2. The molecule has 1 aliphatic rings. The van der Waals surface area contributed by atoms with E-state index in [0.29, 0.717) is 23.7 Å². The van der Waals surface area contributed by atoms with E-state index < -0.39 is 12.1 Å². The molecule has 1 fully saturated rings. The summed E-state index contributed by atoms with van der Waals surface area (Å²) in [6.45, 7) is 3.44. The lowest BCUT2D eigenvalue weighted by molar-refractivity contribution is -0.138. The number of methoxy groups -OCH3 is 1. The number of esters is 1. The second kappa shape index (κ2) is 9.26. The molecule has 0 N–H and O–H groups in total. The van der Waals surface area contributed by atoms with Gasteiger partial charge in [-0.15, -0.1) is 0 Å². The number of hydrogen-bond donors (Lipinski definition) is 0. The van der Waals surface area contributed by atoms with E-state index in [1.165, 1.54) is 7.11 Å². The van der Waals surface area contributed by atoms with Crippen molar-refractivity contribution in [1.29, 1.82) is 0 Å². The van der Waals surface area contributed by atoms with Crippen LogP contribution in [0.1, 0.15) is 35.7 Å². The molecule has 0 saturated carbocycles. The van der Waals surface area contributed by atoms with E-state index in [1.807, 2.05) is 30.3 Å². The highest BCUT2D eigenvalue weighted by molar-refractivity contribution is 5.92. The summed E-state index contributed by atoms with van der Waals surface area (Å²) in [6, 6.07) is 14.6. The van der Waals surface area contributed by atoms with Gasteiger partial charge in [-0.1, -0.05) is 30.3 Å². The van der Waals surface area contributed by atoms with Crippen LogP contribution >= 0.6 is 0 Å². The lowest BCUT2D eigenvalue weighted by Gasteiger charge is -2.20. The third-order valence-corrected chi connectivity index (χ3v) is 4.69. The first-order valence-corrected chi connectivity index (χ1v) is 9.43. The SMILES string of the molecule is COc1cc(C(=O)O[C@@H](C)C(=O)N2CCCC2)ccc1OCc1ccccc1. The van der Waals surface area contributed by atoms with Crippen molar-refractivity contribution in [3.8, 4) is 11.5 Å². The van der Waals surface area contributed by atoms with E-state index in [4.69, 9.17) is 14.2 Å². The first-order valence-electron chi connectivity index (χ1n) is 9.43. The quantitative estimate of drug-likeness (QED) is 0.685. The highest BCUT2D eigenvalue weighted by atomic mass is 16.5. The molecule has 28 heavy (non-hydrogen) atoms. The molecule has 1 saturated heterocycles. The molecule has 1 atom stereocenters. The Balaban J connectivity index is 1.63. The summed E-state index contributed by atoms with van der Waals surface area (Å²) in [5, 5.41) is 0. The fourth-order valence-electron chi connectivity index (χ4n) is 3.12. The van der Waals surface area contributed by atoms with Gasteiger partial charge in [0.1, 0.15) is 6.61 Å².